The van der Waals surface area contributed by atoms with Crippen LogP contribution in [0.4, 0.5) is 0 Å². The van der Waals surface area contributed by atoms with Gasteiger partial charge in [-0.15, -0.1) is 0 Å². The monoisotopic (exact) mass is 353 g/mol. The molecule has 0 aromatic heterocycles. The van der Waals surface area contributed by atoms with Gasteiger partial charge in [-0.25, -0.2) is 8.42 Å². The van der Waals surface area contributed by atoms with E-state index in [2.05, 4.69) is 5.32 Å². The summed E-state index contributed by atoms with van der Waals surface area (Å²) in [5, 5.41) is 2.73. The van der Waals surface area contributed by atoms with E-state index < -0.39 is 15.6 Å². The normalized spacial score (nSPS) is 17.3. The zero-order valence-corrected chi connectivity index (χ0v) is 15.2. The maximum absolute atomic E-state index is 12.8. The second kappa shape index (κ2) is 7.63. The van der Waals surface area contributed by atoms with Crippen molar-refractivity contribution in [1.82, 2.24) is 9.62 Å². The number of amides is 1. The molecule has 1 saturated heterocycles. The molecule has 7 heteroatoms. The van der Waals surface area contributed by atoms with Gasteiger partial charge in [-0.1, -0.05) is 18.9 Å². The lowest BCUT2D eigenvalue weighted by molar-refractivity contribution is 0.0946. The van der Waals surface area contributed by atoms with Crippen LogP contribution >= 0.6 is 0 Å². The quantitative estimate of drug-likeness (QED) is 0.843. The fraction of sp³-hybridized carbons (Fsp3) is 0.588. The summed E-state index contributed by atoms with van der Waals surface area (Å²) in [5.41, 5.74) is 5.66. The smallest absolute Gasteiger partial charge is 0.251 e. The molecule has 0 radical (unpaired) electrons. The molecule has 134 valence electrons. The van der Waals surface area contributed by atoms with Crippen LogP contribution in [0, 0.1) is 0 Å². The number of nitrogens with two attached hydrogens (primary N) is 1. The zero-order valence-electron chi connectivity index (χ0n) is 14.4. The summed E-state index contributed by atoms with van der Waals surface area (Å²) in [6, 6.07) is 6.20. The Morgan fingerprint density at radius 2 is 1.83 bits per heavy atom. The molecular formula is C17H27N3O3S. The highest BCUT2D eigenvalue weighted by atomic mass is 32.2. The van der Waals surface area contributed by atoms with Gasteiger partial charge >= 0.3 is 0 Å². The summed E-state index contributed by atoms with van der Waals surface area (Å²) in [4.78, 5) is 12.4. The van der Waals surface area contributed by atoms with Crippen LogP contribution in [-0.4, -0.2) is 43.8 Å². The van der Waals surface area contributed by atoms with Gasteiger partial charge < -0.3 is 11.1 Å². The van der Waals surface area contributed by atoms with Gasteiger partial charge in [0.2, 0.25) is 10.0 Å². The number of hydrogen-bond donors (Lipinski definition) is 2. The van der Waals surface area contributed by atoms with Crippen molar-refractivity contribution in [1.29, 1.82) is 0 Å². The lowest BCUT2D eigenvalue weighted by Gasteiger charge is -2.21. The van der Waals surface area contributed by atoms with E-state index in [1.54, 1.807) is 18.2 Å². The first-order chi connectivity index (χ1) is 11.2. The molecule has 1 amide bonds. The first-order valence-corrected chi connectivity index (χ1v) is 9.81. The Morgan fingerprint density at radius 1 is 1.21 bits per heavy atom. The van der Waals surface area contributed by atoms with Gasteiger partial charge in [0.25, 0.3) is 5.91 Å². The topological polar surface area (TPSA) is 92.5 Å². The third-order valence-electron chi connectivity index (χ3n) is 4.00. The number of benzene rings is 1. The van der Waals surface area contributed by atoms with Crippen molar-refractivity contribution >= 4 is 15.9 Å². The summed E-state index contributed by atoms with van der Waals surface area (Å²) >= 11 is 0. The molecule has 1 heterocycles. The summed E-state index contributed by atoms with van der Waals surface area (Å²) in [7, 11) is -3.56. The Labute approximate surface area is 144 Å². The number of sulfonamides is 1. The highest BCUT2D eigenvalue weighted by Gasteiger charge is 2.26. The molecule has 1 aliphatic heterocycles. The predicted molar refractivity (Wildman–Crippen MR) is 94.3 cm³/mol. The standard InChI is InChI=1S/C17H27N3O3S/c1-17(2,18)13-19-16(21)14-8-7-9-15(12-14)24(22,23)20-10-5-3-4-6-11-20/h7-9,12H,3-6,10-11,13,18H2,1-2H3,(H,19,21). The Kier molecular flexibility index (Phi) is 6.01. The van der Waals surface area contributed by atoms with Crippen molar-refractivity contribution in [2.75, 3.05) is 19.6 Å². The van der Waals surface area contributed by atoms with Crippen LogP contribution in [0.5, 0.6) is 0 Å². The summed E-state index contributed by atoms with van der Waals surface area (Å²) in [6.45, 7) is 5.02. The van der Waals surface area contributed by atoms with Crippen LogP contribution in [0.2, 0.25) is 0 Å². The second-order valence-electron chi connectivity index (χ2n) is 7.02. The van der Waals surface area contributed by atoms with E-state index in [0.29, 0.717) is 25.2 Å². The summed E-state index contributed by atoms with van der Waals surface area (Å²) in [6.07, 6.45) is 3.88. The molecule has 2 rings (SSSR count). The zero-order chi connectivity index (χ0) is 17.8. The summed E-state index contributed by atoms with van der Waals surface area (Å²) in [5.74, 6) is -0.318. The number of nitrogens with one attached hydrogen (secondary N) is 1. The van der Waals surface area contributed by atoms with Crippen LogP contribution in [0.1, 0.15) is 49.9 Å². The Balaban J connectivity index is 2.18. The largest absolute Gasteiger partial charge is 0.350 e. The molecule has 1 aromatic carbocycles. The van der Waals surface area contributed by atoms with Gasteiger partial charge in [-0.3, -0.25) is 4.79 Å². The van der Waals surface area contributed by atoms with Crippen LogP contribution in [-0.2, 0) is 10.0 Å². The van der Waals surface area contributed by atoms with Crippen molar-refractivity contribution in [2.24, 2.45) is 5.73 Å². The molecule has 6 nitrogen and oxygen atoms in total. The van der Waals surface area contributed by atoms with Gasteiger partial charge in [-0.05, 0) is 44.9 Å². The molecule has 0 spiro atoms. The third-order valence-corrected chi connectivity index (χ3v) is 5.90. The molecule has 24 heavy (non-hydrogen) atoms. The van der Waals surface area contributed by atoms with Crippen molar-refractivity contribution in [3.8, 4) is 0 Å². The fourth-order valence-corrected chi connectivity index (χ4v) is 4.20. The third kappa shape index (κ3) is 5.03. The first kappa shape index (κ1) is 18.9. The average Bonchev–Trinajstić information content (AvgIpc) is 2.82. The molecule has 1 aliphatic rings. The number of hydrogen-bond acceptors (Lipinski definition) is 4. The van der Waals surface area contributed by atoms with Crippen molar-refractivity contribution in [3.63, 3.8) is 0 Å². The fourth-order valence-electron chi connectivity index (χ4n) is 2.64. The van der Waals surface area contributed by atoms with Gasteiger partial charge in [-0.2, -0.15) is 4.31 Å². The number of rotatable bonds is 5. The molecule has 1 fully saturated rings. The SMILES string of the molecule is CC(C)(N)CNC(=O)c1cccc(S(=O)(=O)N2CCCCCC2)c1. The number of carbonyl (C=O) groups is 1. The van der Waals surface area contributed by atoms with Gasteiger partial charge in [0.15, 0.2) is 0 Å². The highest BCUT2D eigenvalue weighted by molar-refractivity contribution is 7.89. The summed E-state index contributed by atoms with van der Waals surface area (Å²) < 4.78 is 27.1. The maximum atomic E-state index is 12.8. The number of carbonyl (C=O) groups excluding carboxylic acids is 1. The van der Waals surface area contributed by atoms with E-state index in [9.17, 15) is 13.2 Å². The molecule has 0 unspecified atom stereocenters. The van der Waals surface area contributed by atoms with Crippen LogP contribution < -0.4 is 11.1 Å². The lowest BCUT2D eigenvalue weighted by atomic mass is 10.1. The Hall–Kier alpha value is -1.44. The first-order valence-electron chi connectivity index (χ1n) is 8.37. The molecule has 0 atom stereocenters. The maximum Gasteiger partial charge on any atom is 0.251 e. The van der Waals surface area contributed by atoms with Crippen molar-refractivity contribution in [3.05, 3.63) is 29.8 Å². The molecule has 0 bridgehead atoms. The van der Waals surface area contributed by atoms with Crippen molar-refractivity contribution < 1.29 is 13.2 Å². The highest BCUT2D eigenvalue weighted by Crippen LogP contribution is 2.21. The van der Waals surface area contributed by atoms with E-state index in [-0.39, 0.29) is 10.8 Å². The minimum absolute atomic E-state index is 0.170. The van der Waals surface area contributed by atoms with Crippen LogP contribution in [0.3, 0.4) is 0 Å². The minimum atomic E-state index is -3.56. The van der Waals surface area contributed by atoms with E-state index in [0.717, 1.165) is 25.7 Å². The Bertz CT molecular complexity index is 673. The van der Waals surface area contributed by atoms with E-state index in [4.69, 9.17) is 5.73 Å². The van der Waals surface area contributed by atoms with Crippen LogP contribution in [0.15, 0.2) is 29.2 Å². The second-order valence-corrected chi connectivity index (χ2v) is 8.96. The molecule has 0 aliphatic carbocycles. The van der Waals surface area contributed by atoms with E-state index in [1.807, 2.05) is 13.8 Å². The molecular weight excluding hydrogens is 326 g/mol. The molecule has 3 N–H and O–H groups in total. The van der Waals surface area contributed by atoms with Crippen molar-refractivity contribution in [2.45, 2.75) is 50.0 Å². The molecule has 0 saturated carbocycles. The van der Waals surface area contributed by atoms with Crippen LogP contribution in [0.25, 0.3) is 0 Å². The minimum Gasteiger partial charge on any atom is -0.350 e. The average molecular weight is 353 g/mol. The van der Waals surface area contributed by atoms with Gasteiger partial charge in [0.05, 0.1) is 4.90 Å². The lowest BCUT2D eigenvalue weighted by Crippen LogP contribution is -2.45. The van der Waals surface area contributed by atoms with Gasteiger partial charge in [0.1, 0.15) is 0 Å². The number of nitrogens with zero attached hydrogens (tertiary/aromatic N) is 1. The Morgan fingerprint density at radius 3 is 2.42 bits per heavy atom. The molecule has 1 aromatic rings. The van der Waals surface area contributed by atoms with E-state index in [1.165, 1.54) is 10.4 Å². The predicted octanol–water partition coefficient (Wildman–Crippen LogP) is 1.72. The van der Waals surface area contributed by atoms with E-state index >= 15 is 0 Å². The van der Waals surface area contributed by atoms with Gasteiger partial charge in [0, 0.05) is 30.7 Å².